The standard InChI is InChI=1S/C14H12N2/c1-3-13-11(7-15-13)5-9(1)10-2-4-14-12(6-10)8-16-14/h1-6,15-16H,7-8H2. The Hall–Kier alpha value is -1.96. The lowest BCUT2D eigenvalue weighted by Crippen LogP contribution is -2.14. The van der Waals surface area contributed by atoms with Crippen LogP contribution in [-0.2, 0) is 13.1 Å². The number of benzene rings is 2. The highest BCUT2D eigenvalue weighted by Crippen LogP contribution is 2.34. The second-order valence-corrected chi connectivity index (χ2v) is 4.45. The highest BCUT2D eigenvalue weighted by Gasteiger charge is 2.15. The van der Waals surface area contributed by atoms with Crippen LogP contribution in [0.4, 0.5) is 11.4 Å². The zero-order chi connectivity index (χ0) is 10.5. The van der Waals surface area contributed by atoms with E-state index in [9.17, 15) is 0 Å². The molecule has 2 aliphatic rings. The molecule has 0 saturated heterocycles. The molecule has 4 rings (SSSR count). The van der Waals surface area contributed by atoms with Gasteiger partial charge in [0, 0.05) is 24.5 Å². The van der Waals surface area contributed by atoms with E-state index < -0.39 is 0 Å². The number of anilines is 2. The van der Waals surface area contributed by atoms with Crippen LogP contribution in [0.25, 0.3) is 11.1 Å². The van der Waals surface area contributed by atoms with Crippen LogP contribution >= 0.6 is 0 Å². The fourth-order valence-corrected chi connectivity index (χ4v) is 2.35. The number of hydrogen-bond acceptors (Lipinski definition) is 2. The Morgan fingerprint density at radius 2 is 1.19 bits per heavy atom. The summed E-state index contributed by atoms with van der Waals surface area (Å²) in [4.78, 5) is 0. The summed E-state index contributed by atoms with van der Waals surface area (Å²) in [5, 5.41) is 6.58. The van der Waals surface area contributed by atoms with Gasteiger partial charge in [0.2, 0.25) is 0 Å². The monoisotopic (exact) mass is 208 g/mol. The van der Waals surface area contributed by atoms with Gasteiger partial charge in [-0.05, 0) is 46.5 Å². The van der Waals surface area contributed by atoms with Crippen molar-refractivity contribution in [1.82, 2.24) is 0 Å². The molecule has 0 unspecified atom stereocenters. The number of nitrogens with one attached hydrogen (secondary N) is 2. The first kappa shape index (κ1) is 8.22. The van der Waals surface area contributed by atoms with Crippen molar-refractivity contribution in [3.05, 3.63) is 47.5 Å². The third-order valence-electron chi connectivity index (χ3n) is 3.48. The fraction of sp³-hybridized carbons (Fsp3) is 0.143. The smallest absolute Gasteiger partial charge is 0.0421 e. The minimum Gasteiger partial charge on any atom is -0.381 e. The number of fused-ring (bicyclic) bond motifs is 2. The van der Waals surface area contributed by atoms with Crippen molar-refractivity contribution in [3.63, 3.8) is 0 Å². The SMILES string of the molecule is c1cc2c(cc1-c1ccc3c(c1)CN3)CN2. The molecule has 2 N–H and O–H groups in total. The maximum atomic E-state index is 3.29. The molecule has 2 heterocycles. The Kier molecular flexibility index (Phi) is 1.43. The zero-order valence-electron chi connectivity index (χ0n) is 8.88. The highest BCUT2D eigenvalue weighted by molar-refractivity contribution is 5.75. The lowest BCUT2D eigenvalue weighted by atomic mass is 9.95. The van der Waals surface area contributed by atoms with Gasteiger partial charge in [-0.2, -0.15) is 0 Å². The van der Waals surface area contributed by atoms with Crippen LogP contribution in [0, 0.1) is 0 Å². The van der Waals surface area contributed by atoms with Gasteiger partial charge in [0.1, 0.15) is 0 Å². The maximum Gasteiger partial charge on any atom is 0.0421 e. The predicted octanol–water partition coefficient (Wildman–Crippen LogP) is 3.20. The van der Waals surface area contributed by atoms with Gasteiger partial charge >= 0.3 is 0 Å². The zero-order valence-corrected chi connectivity index (χ0v) is 8.88. The largest absolute Gasteiger partial charge is 0.381 e. The topological polar surface area (TPSA) is 24.1 Å². The van der Waals surface area contributed by atoms with Crippen molar-refractivity contribution in [1.29, 1.82) is 0 Å². The summed E-state index contributed by atoms with van der Waals surface area (Å²) >= 11 is 0. The van der Waals surface area contributed by atoms with Gasteiger partial charge in [0.05, 0.1) is 0 Å². The fourth-order valence-electron chi connectivity index (χ4n) is 2.35. The van der Waals surface area contributed by atoms with E-state index in [1.807, 2.05) is 0 Å². The van der Waals surface area contributed by atoms with E-state index in [1.165, 1.54) is 33.6 Å². The van der Waals surface area contributed by atoms with Gasteiger partial charge in [-0.15, -0.1) is 0 Å². The van der Waals surface area contributed by atoms with E-state index in [0.29, 0.717) is 0 Å². The van der Waals surface area contributed by atoms with E-state index >= 15 is 0 Å². The van der Waals surface area contributed by atoms with Gasteiger partial charge < -0.3 is 10.6 Å². The molecule has 2 aromatic carbocycles. The van der Waals surface area contributed by atoms with E-state index in [-0.39, 0.29) is 0 Å². The first-order valence-corrected chi connectivity index (χ1v) is 5.64. The van der Waals surface area contributed by atoms with Gasteiger partial charge in [-0.25, -0.2) is 0 Å². The Morgan fingerprint density at radius 1 is 0.688 bits per heavy atom. The van der Waals surface area contributed by atoms with Crippen LogP contribution in [-0.4, -0.2) is 0 Å². The van der Waals surface area contributed by atoms with Crippen LogP contribution in [0.2, 0.25) is 0 Å². The molecule has 0 aromatic heterocycles. The minimum absolute atomic E-state index is 1.01. The summed E-state index contributed by atoms with van der Waals surface area (Å²) in [6.07, 6.45) is 0. The van der Waals surface area contributed by atoms with E-state index in [1.54, 1.807) is 0 Å². The molecule has 0 atom stereocenters. The first-order chi connectivity index (χ1) is 7.90. The third kappa shape index (κ3) is 1.01. The molecule has 0 saturated carbocycles. The van der Waals surface area contributed by atoms with Gasteiger partial charge in [0.15, 0.2) is 0 Å². The maximum absolute atomic E-state index is 3.29. The molecule has 16 heavy (non-hydrogen) atoms. The summed E-state index contributed by atoms with van der Waals surface area (Å²) < 4.78 is 0. The van der Waals surface area contributed by atoms with Crippen molar-refractivity contribution in [2.45, 2.75) is 13.1 Å². The molecular formula is C14H12N2. The quantitative estimate of drug-likeness (QED) is 0.752. The van der Waals surface area contributed by atoms with Crippen LogP contribution in [0.15, 0.2) is 36.4 Å². The average molecular weight is 208 g/mol. The molecule has 2 aromatic rings. The molecule has 78 valence electrons. The second-order valence-electron chi connectivity index (χ2n) is 4.45. The van der Waals surface area contributed by atoms with Gasteiger partial charge in [-0.3, -0.25) is 0 Å². The summed E-state index contributed by atoms with van der Waals surface area (Å²) in [5.74, 6) is 0. The summed E-state index contributed by atoms with van der Waals surface area (Å²) in [6, 6.07) is 13.3. The van der Waals surface area contributed by atoms with Crippen LogP contribution < -0.4 is 10.6 Å². The Balaban J connectivity index is 1.82. The molecule has 0 bridgehead atoms. The number of rotatable bonds is 1. The second kappa shape index (κ2) is 2.79. The number of hydrogen-bond donors (Lipinski definition) is 2. The molecular weight excluding hydrogens is 196 g/mol. The Bertz CT molecular complexity index is 534. The van der Waals surface area contributed by atoms with Crippen LogP contribution in [0.5, 0.6) is 0 Å². The predicted molar refractivity (Wildman–Crippen MR) is 66.5 cm³/mol. The molecule has 0 fully saturated rings. The van der Waals surface area contributed by atoms with Crippen LogP contribution in [0.3, 0.4) is 0 Å². The summed E-state index contributed by atoms with van der Waals surface area (Å²) in [5.41, 5.74) is 8.09. The van der Waals surface area contributed by atoms with Crippen LogP contribution in [0.1, 0.15) is 11.1 Å². The van der Waals surface area contributed by atoms with Crippen molar-refractivity contribution in [2.75, 3.05) is 10.6 Å². The Morgan fingerprint density at radius 3 is 1.50 bits per heavy atom. The van der Waals surface area contributed by atoms with Gasteiger partial charge in [0.25, 0.3) is 0 Å². The van der Waals surface area contributed by atoms with Crippen molar-refractivity contribution in [3.8, 4) is 11.1 Å². The summed E-state index contributed by atoms with van der Waals surface area (Å²) in [6.45, 7) is 2.02. The average Bonchev–Trinajstić information content (AvgIpc) is 2.22. The van der Waals surface area contributed by atoms with Crippen molar-refractivity contribution >= 4 is 11.4 Å². The molecule has 0 spiro atoms. The highest BCUT2D eigenvalue weighted by atomic mass is 14.9. The van der Waals surface area contributed by atoms with Crippen molar-refractivity contribution < 1.29 is 0 Å². The first-order valence-electron chi connectivity index (χ1n) is 5.64. The van der Waals surface area contributed by atoms with E-state index in [0.717, 1.165) is 13.1 Å². The van der Waals surface area contributed by atoms with E-state index in [2.05, 4.69) is 47.0 Å². The molecule has 2 nitrogen and oxygen atoms in total. The molecule has 2 aliphatic heterocycles. The van der Waals surface area contributed by atoms with Crippen molar-refractivity contribution in [2.24, 2.45) is 0 Å². The normalized spacial score (nSPS) is 14.8. The molecule has 0 amide bonds. The summed E-state index contributed by atoms with van der Waals surface area (Å²) in [7, 11) is 0. The minimum atomic E-state index is 1.01. The lowest BCUT2D eigenvalue weighted by Gasteiger charge is -2.24. The van der Waals surface area contributed by atoms with E-state index in [4.69, 9.17) is 0 Å². The Labute approximate surface area is 94.3 Å². The molecule has 2 heteroatoms. The lowest BCUT2D eigenvalue weighted by molar-refractivity contribution is 1.05. The third-order valence-corrected chi connectivity index (χ3v) is 3.48. The molecule has 0 radical (unpaired) electrons. The molecule has 0 aliphatic carbocycles. The van der Waals surface area contributed by atoms with Gasteiger partial charge in [-0.1, -0.05) is 12.1 Å².